The van der Waals surface area contributed by atoms with Crippen LogP contribution in [0.2, 0.25) is 0 Å². The summed E-state index contributed by atoms with van der Waals surface area (Å²) in [5.74, 6) is 0. The summed E-state index contributed by atoms with van der Waals surface area (Å²) < 4.78 is 6.12. The van der Waals surface area contributed by atoms with Crippen molar-refractivity contribution >= 4 is 17.2 Å². The van der Waals surface area contributed by atoms with Gasteiger partial charge in [-0.15, -0.1) is 0 Å². The highest BCUT2D eigenvalue weighted by Gasteiger charge is 2.27. The second kappa shape index (κ2) is 8.11. The number of hydrogen-bond acceptors (Lipinski definition) is 6. The molecule has 0 aromatic carbocycles. The number of oxazole rings is 1. The minimum absolute atomic E-state index is 0.675. The van der Waals surface area contributed by atoms with Crippen LogP contribution in [0.1, 0.15) is 44.7 Å². The van der Waals surface area contributed by atoms with Gasteiger partial charge in [0.2, 0.25) is 5.65 Å². The molecule has 6 heteroatoms. The highest BCUT2D eigenvalue weighted by molar-refractivity contribution is 5.76. The average molecular weight is 392 g/mol. The van der Waals surface area contributed by atoms with Crippen LogP contribution in [0.25, 0.3) is 22.5 Å². The maximum absolute atomic E-state index is 6.12. The van der Waals surface area contributed by atoms with Gasteiger partial charge in [0, 0.05) is 36.6 Å². The topological polar surface area (TPSA) is 58.3 Å². The lowest BCUT2D eigenvalue weighted by atomic mass is 10.0. The SMILES string of the molecule is CCc1cccc(-c2cnc3nc(N4CCC(N5CCCCC5)CC4)oc3c2)n1. The van der Waals surface area contributed by atoms with E-state index in [1.54, 1.807) is 0 Å². The monoisotopic (exact) mass is 391 g/mol. The van der Waals surface area contributed by atoms with Crippen molar-refractivity contribution in [3.8, 4) is 11.3 Å². The van der Waals surface area contributed by atoms with Gasteiger partial charge < -0.3 is 14.2 Å². The molecule has 2 aliphatic heterocycles. The molecule has 0 spiro atoms. The third-order valence-corrected chi connectivity index (χ3v) is 6.34. The Bertz CT molecular complexity index is 970. The molecule has 0 saturated carbocycles. The first kappa shape index (κ1) is 18.6. The van der Waals surface area contributed by atoms with Crippen LogP contribution in [-0.2, 0) is 6.42 Å². The van der Waals surface area contributed by atoms with Gasteiger partial charge in [-0.2, -0.15) is 4.98 Å². The van der Waals surface area contributed by atoms with Crippen LogP contribution in [0.3, 0.4) is 0 Å². The highest BCUT2D eigenvalue weighted by Crippen LogP contribution is 2.28. The van der Waals surface area contributed by atoms with Crippen molar-refractivity contribution in [1.29, 1.82) is 0 Å². The molecule has 6 nitrogen and oxygen atoms in total. The van der Waals surface area contributed by atoms with Crippen LogP contribution >= 0.6 is 0 Å². The number of fused-ring (bicyclic) bond motifs is 1. The summed E-state index contributed by atoms with van der Waals surface area (Å²) in [5.41, 5.74) is 4.39. The molecule has 5 heterocycles. The Balaban J connectivity index is 1.31. The van der Waals surface area contributed by atoms with E-state index in [1.807, 2.05) is 24.4 Å². The fraction of sp³-hybridized carbons (Fsp3) is 0.522. The molecule has 2 fully saturated rings. The molecule has 2 saturated heterocycles. The predicted molar refractivity (Wildman–Crippen MR) is 115 cm³/mol. The molecule has 0 amide bonds. The van der Waals surface area contributed by atoms with E-state index in [4.69, 9.17) is 9.40 Å². The van der Waals surface area contributed by atoms with Gasteiger partial charge in [0.05, 0.1) is 5.69 Å². The quantitative estimate of drug-likeness (QED) is 0.661. The summed E-state index contributed by atoms with van der Waals surface area (Å²) in [6.07, 6.45) is 9.24. The van der Waals surface area contributed by atoms with Crippen molar-refractivity contribution in [3.05, 3.63) is 36.2 Å². The zero-order valence-electron chi connectivity index (χ0n) is 17.2. The molecule has 5 rings (SSSR count). The van der Waals surface area contributed by atoms with Gasteiger partial charge in [0.15, 0.2) is 5.58 Å². The Morgan fingerprint density at radius 1 is 1.03 bits per heavy atom. The predicted octanol–water partition coefficient (Wildman–Crippen LogP) is 4.30. The number of aryl methyl sites for hydroxylation is 1. The van der Waals surface area contributed by atoms with Crippen molar-refractivity contribution in [1.82, 2.24) is 19.9 Å². The molecule has 2 aliphatic rings. The van der Waals surface area contributed by atoms with Crippen LogP contribution in [0.4, 0.5) is 6.01 Å². The van der Waals surface area contributed by atoms with E-state index in [2.05, 4.69) is 32.8 Å². The second-order valence-electron chi connectivity index (χ2n) is 8.22. The fourth-order valence-corrected chi connectivity index (χ4v) is 4.63. The summed E-state index contributed by atoms with van der Waals surface area (Å²) in [6, 6.07) is 9.56. The van der Waals surface area contributed by atoms with Gasteiger partial charge in [0.25, 0.3) is 6.01 Å². The molecule has 0 atom stereocenters. The van der Waals surface area contributed by atoms with Crippen LogP contribution in [0, 0.1) is 0 Å². The summed E-state index contributed by atoms with van der Waals surface area (Å²) in [6.45, 7) is 6.66. The molecular weight excluding hydrogens is 362 g/mol. The van der Waals surface area contributed by atoms with Gasteiger partial charge in [-0.3, -0.25) is 4.98 Å². The standard InChI is InChI=1S/C23H29N5O/c1-2-18-7-6-8-20(25-18)17-15-21-22(24-16-17)26-23(29-21)28-13-9-19(10-14-28)27-11-4-3-5-12-27/h6-8,15-16,19H,2-5,9-14H2,1H3. The summed E-state index contributed by atoms with van der Waals surface area (Å²) in [4.78, 5) is 18.9. The zero-order chi connectivity index (χ0) is 19.6. The molecule has 0 unspecified atom stereocenters. The van der Waals surface area contributed by atoms with Gasteiger partial charge in [-0.05, 0) is 63.4 Å². The maximum Gasteiger partial charge on any atom is 0.299 e. The van der Waals surface area contributed by atoms with Gasteiger partial charge in [-0.25, -0.2) is 4.98 Å². The lowest BCUT2D eigenvalue weighted by molar-refractivity contribution is 0.140. The summed E-state index contributed by atoms with van der Waals surface area (Å²) in [7, 11) is 0. The van der Waals surface area contributed by atoms with Crippen LogP contribution in [0.5, 0.6) is 0 Å². The molecule has 152 valence electrons. The highest BCUT2D eigenvalue weighted by atomic mass is 16.4. The van der Waals surface area contributed by atoms with E-state index in [0.717, 1.165) is 48.1 Å². The number of nitrogens with zero attached hydrogens (tertiary/aromatic N) is 5. The zero-order valence-corrected chi connectivity index (χ0v) is 17.2. The number of anilines is 1. The largest absolute Gasteiger partial charge is 0.422 e. The van der Waals surface area contributed by atoms with Crippen molar-refractivity contribution in [2.24, 2.45) is 0 Å². The Kier molecular flexibility index (Phi) is 5.19. The number of pyridine rings is 2. The molecule has 3 aromatic heterocycles. The fourth-order valence-electron chi connectivity index (χ4n) is 4.63. The lowest BCUT2D eigenvalue weighted by Gasteiger charge is -2.39. The molecular formula is C23H29N5O. The van der Waals surface area contributed by atoms with Crippen molar-refractivity contribution < 1.29 is 4.42 Å². The normalized spacial score (nSPS) is 19.1. The molecule has 0 aliphatic carbocycles. The lowest BCUT2D eigenvalue weighted by Crippen LogP contribution is -2.46. The first-order valence-corrected chi connectivity index (χ1v) is 11.0. The van der Waals surface area contributed by atoms with Crippen LogP contribution in [0.15, 0.2) is 34.9 Å². The van der Waals surface area contributed by atoms with Crippen LogP contribution < -0.4 is 4.90 Å². The first-order chi connectivity index (χ1) is 14.3. The van der Waals surface area contributed by atoms with Crippen molar-refractivity contribution in [3.63, 3.8) is 0 Å². The van der Waals surface area contributed by atoms with Crippen molar-refractivity contribution in [2.45, 2.75) is 51.5 Å². The minimum atomic E-state index is 0.675. The second-order valence-corrected chi connectivity index (χ2v) is 8.22. The number of rotatable bonds is 4. The molecule has 29 heavy (non-hydrogen) atoms. The molecule has 3 aromatic rings. The Morgan fingerprint density at radius 2 is 1.86 bits per heavy atom. The van der Waals surface area contributed by atoms with Crippen LogP contribution in [-0.4, -0.2) is 52.1 Å². The average Bonchev–Trinajstić information content (AvgIpc) is 3.23. The first-order valence-electron chi connectivity index (χ1n) is 11.0. The van der Waals surface area contributed by atoms with Gasteiger partial charge in [0.1, 0.15) is 0 Å². The van der Waals surface area contributed by atoms with Gasteiger partial charge in [-0.1, -0.05) is 19.4 Å². The smallest absolute Gasteiger partial charge is 0.299 e. The van der Waals surface area contributed by atoms with E-state index < -0.39 is 0 Å². The number of hydrogen-bond donors (Lipinski definition) is 0. The Labute approximate surface area is 172 Å². The summed E-state index contributed by atoms with van der Waals surface area (Å²) >= 11 is 0. The van der Waals surface area contributed by atoms with E-state index >= 15 is 0 Å². The molecule has 0 N–H and O–H groups in total. The number of piperidine rings is 2. The molecule has 0 bridgehead atoms. The van der Waals surface area contributed by atoms with E-state index in [0.29, 0.717) is 11.7 Å². The summed E-state index contributed by atoms with van der Waals surface area (Å²) in [5, 5.41) is 0. The Hall–Kier alpha value is -2.47. The molecule has 0 radical (unpaired) electrons. The van der Waals surface area contributed by atoms with Crippen molar-refractivity contribution in [2.75, 3.05) is 31.1 Å². The third-order valence-electron chi connectivity index (χ3n) is 6.34. The number of aromatic nitrogens is 3. The van der Waals surface area contributed by atoms with E-state index in [9.17, 15) is 0 Å². The number of likely N-dealkylation sites (tertiary alicyclic amines) is 1. The van der Waals surface area contributed by atoms with E-state index in [1.165, 1.54) is 45.2 Å². The maximum atomic E-state index is 6.12. The third kappa shape index (κ3) is 3.86. The Morgan fingerprint density at radius 3 is 2.66 bits per heavy atom. The van der Waals surface area contributed by atoms with Gasteiger partial charge >= 0.3 is 0 Å². The minimum Gasteiger partial charge on any atom is -0.422 e. The van der Waals surface area contributed by atoms with E-state index in [-0.39, 0.29) is 0 Å².